The maximum absolute atomic E-state index is 10.4. The van der Waals surface area contributed by atoms with Gasteiger partial charge in [0.2, 0.25) is 5.91 Å². The van der Waals surface area contributed by atoms with E-state index in [9.17, 15) is 4.79 Å². The van der Waals surface area contributed by atoms with E-state index in [4.69, 9.17) is 15.2 Å². The van der Waals surface area contributed by atoms with E-state index in [0.29, 0.717) is 6.61 Å². The third kappa shape index (κ3) is 2.44. The van der Waals surface area contributed by atoms with Gasteiger partial charge in [0.1, 0.15) is 0 Å². The van der Waals surface area contributed by atoms with E-state index in [2.05, 4.69) is 5.32 Å². The quantitative estimate of drug-likeness (QED) is 0.563. The molecule has 0 aliphatic carbocycles. The zero-order chi connectivity index (χ0) is 8.97. The lowest BCUT2D eigenvalue weighted by molar-refractivity contribution is -0.118. The summed E-state index contributed by atoms with van der Waals surface area (Å²) < 4.78 is 10.2. The number of hydrogen-bond acceptors (Lipinski definition) is 4. The number of nitrogens with two attached hydrogens (primary N) is 1. The maximum atomic E-state index is 10.4. The fourth-order valence-electron chi connectivity index (χ4n) is 1.23. The minimum atomic E-state index is -0.364. The molecule has 0 radical (unpaired) electrons. The Labute approximate surface area is 71.2 Å². The van der Waals surface area contributed by atoms with Gasteiger partial charge < -0.3 is 20.5 Å². The normalized spacial score (nSPS) is 29.1. The fourth-order valence-corrected chi connectivity index (χ4v) is 1.23. The van der Waals surface area contributed by atoms with Crippen LogP contribution in [-0.2, 0) is 14.3 Å². The van der Waals surface area contributed by atoms with Crippen LogP contribution in [0.3, 0.4) is 0 Å². The number of hydrogen-bond donors (Lipinski definition) is 2. The fraction of sp³-hybridized carbons (Fsp3) is 0.857. The number of carbonyl (C=O) groups is 1. The molecular weight excluding hydrogens is 160 g/mol. The van der Waals surface area contributed by atoms with Gasteiger partial charge in [-0.3, -0.25) is 4.79 Å². The average molecular weight is 174 g/mol. The molecule has 1 heterocycles. The predicted octanol–water partition coefficient (Wildman–Crippen LogP) is -1.18. The number of carbonyl (C=O) groups excluding carboxylic acids is 1. The summed E-state index contributed by atoms with van der Waals surface area (Å²) in [5, 5.41) is 2.96. The van der Waals surface area contributed by atoms with Gasteiger partial charge in [0.15, 0.2) is 6.29 Å². The van der Waals surface area contributed by atoms with Crippen LogP contribution >= 0.6 is 0 Å². The van der Waals surface area contributed by atoms with Gasteiger partial charge in [-0.25, -0.2) is 0 Å². The Bertz CT molecular complexity index is 163. The Morgan fingerprint density at radius 3 is 3.17 bits per heavy atom. The first-order chi connectivity index (χ1) is 5.74. The highest BCUT2D eigenvalue weighted by molar-refractivity contribution is 5.75. The summed E-state index contributed by atoms with van der Waals surface area (Å²) in [6, 6.07) is 0.0856. The molecule has 0 bridgehead atoms. The second kappa shape index (κ2) is 4.39. The van der Waals surface area contributed by atoms with Crippen LogP contribution in [0.5, 0.6) is 0 Å². The van der Waals surface area contributed by atoms with Crippen molar-refractivity contribution in [3.8, 4) is 0 Å². The number of rotatable bonds is 4. The number of ether oxygens (including phenoxy) is 2. The molecule has 1 aliphatic rings. The van der Waals surface area contributed by atoms with Crippen molar-refractivity contribution in [2.24, 2.45) is 5.73 Å². The third-order valence-corrected chi connectivity index (χ3v) is 1.81. The molecule has 0 aromatic carbocycles. The van der Waals surface area contributed by atoms with Crippen molar-refractivity contribution in [3.63, 3.8) is 0 Å². The Hall–Kier alpha value is -0.650. The molecule has 1 fully saturated rings. The highest BCUT2D eigenvalue weighted by atomic mass is 16.7. The molecule has 70 valence electrons. The molecule has 12 heavy (non-hydrogen) atoms. The van der Waals surface area contributed by atoms with Crippen molar-refractivity contribution >= 4 is 5.91 Å². The molecule has 5 heteroatoms. The zero-order valence-electron chi connectivity index (χ0n) is 7.08. The van der Waals surface area contributed by atoms with Crippen LogP contribution in [0.15, 0.2) is 0 Å². The van der Waals surface area contributed by atoms with Gasteiger partial charge in [0, 0.05) is 7.11 Å². The van der Waals surface area contributed by atoms with Crippen molar-refractivity contribution in [3.05, 3.63) is 0 Å². The van der Waals surface area contributed by atoms with E-state index < -0.39 is 0 Å². The van der Waals surface area contributed by atoms with E-state index in [1.807, 2.05) is 0 Å². The summed E-state index contributed by atoms with van der Waals surface area (Å²) in [5.74, 6) is -0.364. The summed E-state index contributed by atoms with van der Waals surface area (Å²) in [6.07, 6.45) is 0.607. The SMILES string of the molecule is COC1OCC[C@@H]1NCC(N)=O. The summed E-state index contributed by atoms with van der Waals surface area (Å²) in [7, 11) is 1.58. The molecule has 2 atom stereocenters. The van der Waals surface area contributed by atoms with Crippen LogP contribution in [-0.4, -0.2) is 38.5 Å². The Morgan fingerprint density at radius 2 is 2.58 bits per heavy atom. The molecule has 1 rings (SSSR count). The Kier molecular flexibility index (Phi) is 3.46. The molecule has 0 aromatic heterocycles. The van der Waals surface area contributed by atoms with Crippen molar-refractivity contribution in [1.29, 1.82) is 0 Å². The predicted molar refractivity (Wildman–Crippen MR) is 42.4 cm³/mol. The Balaban J connectivity index is 2.26. The van der Waals surface area contributed by atoms with E-state index in [1.54, 1.807) is 7.11 Å². The van der Waals surface area contributed by atoms with Crippen LogP contribution in [0, 0.1) is 0 Å². The molecule has 3 N–H and O–H groups in total. The number of nitrogens with one attached hydrogen (secondary N) is 1. The molecule has 1 aliphatic heterocycles. The highest BCUT2D eigenvalue weighted by Gasteiger charge is 2.27. The smallest absolute Gasteiger partial charge is 0.231 e. The molecule has 1 unspecified atom stereocenters. The first-order valence-electron chi connectivity index (χ1n) is 3.90. The summed E-state index contributed by atoms with van der Waals surface area (Å²) in [4.78, 5) is 10.4. The molecule has 1 amide bonds. The lowest BCUT2D eigenvalue weighted by Gasteiger charge is -2.16. The molecular formula is C7H14N2O3. The van der Waals surface area contributed by atoms with E-state index in [1.165, 1.54) is 0 Å². The monoisotopic (exact) mass is 174 g/mol. The summed E-state index contributed by atoms with van der Waals surface area (Å²) >= 11 is 0. The number of primary amides is 1. The minimum absolute atomic E-state index is 0.0856. The lowest BCUT2D eigenvalue weighted by Crippen LogP contribution is -2.41. The maximum Gasteiger partial charge on any atom is 0.231 e. The van der Waals surface area contributed by atoms with Crippen molar-refractivity contribution in [2.75, 3.05) is 20.3 Å². The number of amides is 1. The largest absolute Gasteiger partial charge is 0.369 e. The van der Waals surface area contributed by atoms with Gasteiger partial charge in [-0.2, -0.15) is 0 Å². The lowest BCUT2D eigenvalue weighted by atomic mass is 10.2. The van der Waals surface area contributed by atoms with Crippen molar-refractivity contribution in [2.45, 2.75) is 18.8 Å². The third-order valence-electron chi connectivity index (χ3n) is 1.81. The van der Waals surface area contributed by atoms with E-state index >= 15 is 0 Å². The second-order valence-corrected chi connectivity index (χ2v) is 2.72. The average Bonchev–Trinajstić information content (AvgIpc) is 2.47. The first kappa shape index (κ1) is 9.44. The van der Waals surface area contributed by atoms with Gasteiger partial charge in [-0.05, 0) is 6.42 Å². The highest BCUT2D eigenvalue weighted by Crippen LogP contribution is 2.13. The molecule has 1 saturated heterocycles. The van der Waals surface area contributed by atoms with Crippen LogP contribution in [0.25, 0.3) is 0 Å². The van der Waals surface area contributed by atoms with Gasteiger partial charge in [-0.1, -0.05) is 0 Å². The van der Waals surface area contributed by atoms with Crippen molar-refractivity contribution < 1.29 is 14.3 Å². The molecule has 0 spiro atoms. The van der Waals surface area contributed by atoms with E-state index in [0.717, 1.165) is 6.42 Å². The zero-order valence-corrected chi connectivity index (χ0v) is 7.08. The Morgan fingerprint density at radius 1 is 1.83 bits per heavy atom. The molecule has 0 saturated carbocycles. The minimum Gasteiger partial charge on any atom is -0.369 e. The van der Waals surface area contributed by atoms with Crippen molar-refractivity contribution in [1.82, 2.24) is 5.32 Å². The van der Waals surface area contributed by atoms with E-state index in [-0.39, 0.29) is 24.8 Å². The first-order valence-corrected chi connectivity index (χ1v) is 3.90. The number of methoxy groups -OCH3 is 1. The van der Waals surface area contributed by atoms with Crippen LogP contribution < -0.4 is 11.1 Å². The van der Waals surface area contributed by atoms with Gasteiger partial charge in [0.05, 0.1) is 19.2 Å². The van der Waals surface area contributed by atoms with Crippen LogP contribution in [0.4, 0.5) is 0 Å². The van der Waals surface area contributed by atoms with Crippen LogP contribution in [0.2, 0.25) is 0 Å². The van der Waals surface area contributed by atoms with Gasteiger partial charge in [-0.15, -0.1) is 0 Å². The van der Waals surface area contributed by atoms with Crippen LogP contribution in [0.1, 0.15) is 6.42 Å². The standard InChI is InChI=1S/C7H14N2O3/c1-11-7-5(2-3-12-7)9-4-6(8)10/h5,7,9H,2-4H2,1H3,(H2,8,10)/t5-,7?/m0/s1. The second-order valence-electron chi connectivity index (χ2n) is 2.72. The van der Waals surface area contributed by atoms with Gasteiger partial charge >= 0.3 is 0 Å². The topological polar surface area (TPSA) is 73.6 Å². The van der Waals surface area contributed by atoms with Gasteiger partial charge in [0.25, 0.3) is 0 Å². The summed E-state index contributed by atoms with van der Waals surface area (Å²) in [5.41, 5.74) is 4.97. The summed E-state index contributed by atoms with van der Waals surface area (Å²) in [6.45, 7) is 0.836. The molecule has 5 nitrogen and oxygen atoms in total. The molecule has 0 aromatic rings.